The number of nitrogens with one attached hydrogen (secondary N) is 3. The van der Waals surface area contributed by atoms with Gasteiger partial charge in [0, 0.05) is 52.5 Å². The highest BCUT2D eigenvalue weighted by molar-refractivity contribution is 6.04. The van der Waals surface area contributed by atoms with Crippen molar-refractivity contribution in [1.29, 1.82) is 5.41 Å². The van der Waals surface area contributed by atoms with Gasteiger partial charge in [-0.2, -0.15) is 0 Å². The molecule has 1 fully saturated rings. The van der Waals surface area contributed by atoms with Crippen LogP contribution >= 0.6 is 0 Å². The molecule has 2 aromatic heterocycles. The van der Waals surface area contributed by atoms with Gasteiger partial charge in [0.1, 0.15) is 11.4 Å². The number of aryl methyl sites for hydroxylation is 2. The first kappa shape index (κ1) is 19.7. The van der Waals surface area contributed by atoms with Crippen LogP contribution < -0.4 is 10.6 Å². The normalized spacial score (nSPS) is 14.0. The van der Waals surface area contributed by atoms with E-state index in [0.29, 0.717) is 49.1 Å². The van der Waals surface area contributed by atoms with Crippen LogP contribution in [0.2, 0.25) is 0 Å². The first-order valence-corrected chi connectivity index (χ1v) is 9.23. The molecule has 3 N–H and O–H groups in total. The van der Waals surface area contributed by atoms with Crippen molar-refractivity contribution in [2.45, 2.75) is 6.42 Å². The number of carbonyl (C=O) groups excluding carboxylic acids is 2. The molecule has 1 aliphatic rings. The van der Waals surface area contributed by atoms with Gasteiger partial charge in [0.15, 0.2) is 0 Å². The maximum Gasteiger partial charge on any atom is 0.272 e. The number of nitrogens with zero attached hydrogens (tertiary/aromatic N) is 3. The lowest BCUT2D eigenvalue weighted by atomic mass is 10.3. The summed E-state index contributed by atoms with van der Waals surface area (Å²) >= 11 is 0. The van der Waals surface area contributed by atoms with Crippen molar-refractivity contribution >= 4 is 23.3 Å². The third-order valence-electron chi connectivity index (χ3n) is 4.71. The summed E-state index contributed by atoms with van der Waals surface area (Å²) in [6.45, 7) is 3.08. The smallest absolute Gasteiger partial charge is 0.272 e. The Morgan fingerprint density at radius 2 is 1.89 bits per heavy atom. The van der Waals surface area contributed by atoms with E-state index in [0.717, 1.165) is 13.1 Å². The molecule has 0 unspecified atom stereocenters. The van der Waals surface area contributed by atoms with Crippen LogP contribution in [0, 0.1) is 5.41 Å². The van der Waals surface area contributed by atoms with E-state index < -0.39 is 0 Å². The van der Waals surface area contributed by atoms with Crippen LogP contribution in [-0.4, -0.2) is 64.5 Å². The Balaban J connectivity index is 1.52. The molecule has 0 saturated carbocycles. The van der Waals surface area contributed by atoms with Gasteiger partial charge in [0.05, 0.1) is 24.7 Å². The number of anilines is 1. The van der Waals surface area contributed by atoms with Gasteiger partial charge >= 0.3 is 0 Å². The van der Waals surface area contributed by atoms with E-state index in [1.807, 2.05) is 4.90 Å². The average molecular weight is 386 g/mol. The zero-order valence-corrected chi connectivity index (χ0v) is 16.2. The van der Waals surface area contributed by atoms with Crippen molar-refractivity contribution in [3.8, 4) is 0 Å². The molecule has 3 rings (SSSR count). The number of hydrogen-bond acceptors (Lipinski definition) is 4. The molecule has 0 spiro atoms. The number of amidine groups is 1. The fourth-order valence-corrected chi connectivity index (χ4v) is 3.13. The Morgan fingerprint density at radius 1 is 1.14 bits per heavy atom. The van der Waals surface area contributed by atoms with Crippen LogP contribution in [-0.2, 0) is 18.8 Å². The maximum absolute atomic E-state index is 12.5. The number of ether oxygens (including phenoxy) is 1. The molecule has 9 heteroatoms. The number of morpholine rings is 1. The maximum atomic E-state index is 12.5. The molecule has 0 aromatic carbocycles. The molecule has 0 atom stereocenters. The van der Waals surface area contributed by atoms with Crippen LogP contribution in [0.1, 0.15) is 27.4 Å². The molecule has 2 amide bonds. The number of rotatable bonds is 6. The minimum Gasteiger partial charge on any atom is -0.378 e. The highest BCUT2D eigenvalue weighted by atomic mass is 16.5. The van der Waals surface area contributed by atoms with Gasteiger partial charge in [0.25, 0.3) is 11.8 Å². The minimum absolute atomic E-state index is 0.232. The van der Waals surface area contributed by atoms with Crippen LogP contribution in [0.25, 0.3) is 0 Å². The molecule has 28 heavy (non-hydrogen) atoms. The van der Waals surface area contributed by atoms with E-state index in [1.54, 1.807) is 53.8 Å². The summed E-state index contributed by atoms with van der Waals surface area (Å²) in [7, 11) is 3.55. The van der Waals surface area contributed by atoms with E-state index in [1.165, 1.54) is 0 Å². The van der Waals surface area contributed by atoms with Crippen molar-refractivity contribution in [2.24, 2.45) is 14.1 Å². The summed E-state index contributed by atoms with van der Waals surface area (Å²) in [5.41, 5.74) is 1.54. The Morgan fingerprint density at radius 3 is 2.57 bits per heavy atom. The van der Waals surface area contributed by atoms with Crippen molar-refractivity contribution in [3.05, 3.63) is 42.0 Å². The van der Waals surface area contributed by atoms with E-state index in [4.69, 9.17) is 10.1 Å². The molecule has 150 valence electrons. The van der Waals surface area contributed by atoms with Gasteiger partial charge in [-0.1, -0.05) is 0 Å². The standard InChI is InChI=1S/C19H26N6O3/c1-23-7-3-4-15(23)19(27)22-14-12-16(24(2)13-14)18(26)21-6-5-17(20)25-8-10-28-11-9-25/h3-4,7,12-13,20H,5-6,8-11H2,1-2H3,(H,21,26)(H,22,27). The van der Waals surface area contributed by atoms with Crippen LogP contribution in [0.3, 0.4) is 0 Å². The Kier molecular flexibility index (Phi) is 6.15. The van der Waals surface area contributed by atoms with Gasteiger partial charge in [-0.15, -0.1) is 0 Å². The summed E-state index contributed by atoms with van der Waals surface area (Å²) in [6.07, 6.45) is 3.96. The highest BCUT2D eigenvalue weighted by Crippen LogP contribution is 2.14. The largest absolute Gasteiger partial charge is 0.378 e. The Labute approximate surface area is 163 Å². The molecule has 0 aliphatic carbocycles. The zero-order valence-electron chi connectivity index (χ0n) is 16.2. The summed E-state index contributed by atoms with van der Waals surface area (Å²) in [5.74, 6) is 0.0339. The van der Waals surface area contributed by atoms with E-state index in [2.05, 4.69) is 10.6 Å². The number of carbonyl (C=O) groups is 2. The summed E-state index contributed by atoms with van der Waals surface area (Å²) < 4.78 is 8.68. The molecule has 0 bridgehead atoms. The number of aromatic nitrogens is 2. The van der Waals surface area contributed by atoms with Crippen molar-refractivity contribution in [1.82, 2.24) is 19.4 Å². The predicted octanol–water partition coefficient (Wildman–Crippen LogP) is 1.05. The summed E-state index contributed by atoms with van der Waals surface area (Å²) in [6, 6.07) is 5.17. The first-order valence-electron chi connectivity index (χ1n) is 9.23. The van der Waals surface area contributed by atoms with Crippen molar-refractivity contribution in [2.75, 3.05) is 38.2 Å². The molecular weight excluding hydrogens is 360 g/mol. The molecule has 1 saturated heterocycles. The molecular formula is C19H26N6O3. The topological polar surface area (TPSA) is 104 Å². The second kappa shape index (κ2) is 8.75. The Bertz CT molecular complexity index is 863. The second-order valence-electron chi connectivity index (χ2n) is 6.74. The quantitative estimate of drug-likeness (QED) is 0.510. The molecule has 3 heterocycles. The van der Waals surface area contributed by atoms with E-state index in [-0.39, 0.29) is 11.8 Å². The van der Waals surface area contributed by atoms with Gasteiger partial charge in [-0.25, -0.2) is 0 Å². The third kappa shape index (κ3) is 4.61. The summed E-state index contributed by atoms with van der Waals surface area (Å²) in [4.78, 5) is 26.7. The summed E-state index contributed by atoms with van der Waals surface area (Å²) in [5, 5.41) is 13.7. The van der Waals surface area contributed by atoms with Gasteiger partial charge in [0.2, 0.25) is 0 Å². The molecule has 1 aliphatic heterocycles. The van der Waals surface area contributed by atoms with Crippen LogP contribution in [0.4, 0.5) is 5.69 Å². The van der Waals surface area contributed by atoms with E-state index >= 15 is 0 Å². The average Bonchev–Trinajstić information content (AvgIpc) is 3.27. The predicted molar refractivity (Wildman–Crippen MR) is 106 cm³/mol. The van der Waals surface area contributed by atoms with Gasteiger partial charge in [-0.3, -0.25) is 15.0 Å². The first-order chi connectivity index (χ1) is 13.5. The lowest BCUT2D eigenvalue weighted by molar-refractivity contribution is 0.0668. The lowest BCUT2D eigenvalue weighted by Crippen LogP contribution is -2.41. The molecule has 0 radical (unpaired) electrons. The third-order valence-corrected chi connectivity index (χ3v) is 4.71. The van der Waals surface area contributed by atoms with Crippen molar-refractivity contribution < 1.29 is 14.3 Å². The van der Waals surface area contributed by atoms with Gasteiger partial charge in [-0.05, 0) is 18.2 Å². The number of amides is 2. The SMILES string of the molecule is Cn1cc(NC(=O)c2cccn2C)cc1C(=O)NCCC(=N)N1CCOCC1. The molecule has 2 aromatic rings. The highest BCUT2D eigenvalue weighted by Gasteiger charge is 2.16. The molecule has 9 nitrogen and oxygen atoms in total. The zero-order chi connectivity index (χ0) is 20.1. The van der Waals surface area contributed by atoms with Gasteiger partial charge < -0.3 is 29.4 Å². The van der Waals surface area contributed by atoms with E-state index in [9.17, 15) is 9.59 Å². The Hall–Kier alpha value is -3.07. The second-order valence-corrected chi connectivity index (χ2v) is 6.74. The monoisotopic (exact) mass is 386 g/mol. The van der Waals surface area contributed by atoms with Crippen LogP contribution in [0.5, 0.6) is 0 Å². The van der Waals surface area contributed by atoms with Crippen molar-refractivity contribution in [3.63, 3.8) is 0 Å². The fraction of sp³-hybridized carbons (Fsp3) is 0.421. The van der Waals surface area contributed by atoms with Crippen LogP contribution in [0.15, 0.2) is 30.6 Å². The fourth-order valence-electron chi connectivity index (χ4n) is 3.13. The lowest BCUT2D eigenvalue weighted by Gasteiger charge is -2.29. The number of hydrogen-bond donors (Lipinski definition) is 3. The minimum atomic E-state index is -0.239.